The van der Waals surface area contributed by atoms with Gasteiger partial charge in [-0.3, -0.25) is 0 Å². The van der Waals surface area contributed by atoms with Gasteiger partial charge in [0.05, 0.1) is 10.2 Å². The predicted octanol–water partition coefficient (Wildman–Crippen LogP) is 1.78. The van der Waals surface area contributed by atoms with E-state index in [0.717, 1.165) is 28.4 Å². The Morgan fingerprint density at radius 3 is 2.44 bits per heavy atom. The van der Waals surface area contributed by atoms with Gasteiger partial charge < -0.3 is 9.47 Å². The number of benzene rings is 1. The second kappa shape index (κ2) is 6.54. The van der Waals surface area contributed by atoms with Crippen LogP contribution < -0.4 is 0 Å². The van der Waals surface area contributed by atoms with Crippen LogP contribution in [0.4, 0.5) is 0 Å². The van der Waals surface area contributed by atoms with Gasteiger partial charge in [-0.25, -0.2) is 0 Å². The first-order valence-electron chi connectivity index (χ1n) is 5.42. The molecule has 0 unspecified atom stereocenters. The number of rotatable bonds is 6. The normalized spacial score (nSPS) is 11.9. The van der Waals surface area contributed by atoms with Gasteiger partial charge in [-0.1, -0.05) is 40.2 Å². The maximum Gasteiger partial charge on any atom is 0.165 e. The van der Waals surface area contributed by atoms with Crippen LogP contribution in [-0.4, -0.2) is 29.8 Å². The summed E-state index contributed by atoms with van der Waals surface area (Å²) in [6.07, 6.45) is 2.18. The largest absolute Gasteiger partial charge is 0.354 e. The van der Waals surface area contributed by atoms with Crippen molar-refractivity contribution in [3.05, 3.63) is 35.4 Å². The molecule has 1 aromatic carbocycles. The number of hydrogen-bond donors (Lipinski definition) is 0. The molecule has 16 heavy (non-hydrogen) atoms. The summed E-state index contributed by atoms with van der Waals surface area (Å²) in [5.74, 6) is 0. The van der Waals surface area contributed by atoms with E-state index in [9.17, 15) is 0 Å². The van der Waals surface area contributed by atoms with Crippen LogP contribution in [-0.2, 0) is 21.3 Å². The van der Waals surface area contributed by atoms with E-state index in [1.165, 1.54) is 11.1 Å². The fourth-order valence-electron chi connectivity index (χ4n) is 1.74. The maximum absolute atomic E-state index is 5.52. The van der Waals surface area contributed by atoms with Crippen molar-refractivity contribution in [3.63, 3.8) is 0 Å². The van der Waals surface area contributed by atoms with Gasteiger partial charge in [0.1, 0.15) is 0 Å². The zero-order chi connectivity index (χ0) is 12.0. The van der Waals surface area contributed by atoms with E-state index in [2.05, 4.69) is 34.1 Å². The van der Waals surface area contributed by atoms with Gasteiger partial charge >= 0.3 is 0 Å². The highest BCUT2D eigenvalue weighted by atomic mass is 79.9. The van der Waals surface area contributed by atoms with Crippen molar-refractivity contribution in [2.24, 2.45) is 0 Å². The number of aryl methyl sites for hydroxylation is 1. The zero-order valence-corrected chi connectivity index (χ0v) is 13.7. The molecule has 0 fully saturated rings. The highest BCUT2D eigenvalue weighted by molar-refractivity contribution is 9.09. The molecule has 0 bridgehead atoms. The standard InChI is InChI=1S/C12H19BrO2Si/c1-14-12(16,15-2)11-8-4-3-6-10(11)7-5-9-13/h3-4,6,8H,5,7,9H2,1-2,16H3. The Kier molecular flexibility index (Phi) is 5.68. The SMILES string of the molecule is COC([SiH3])(OC)c1ccccc1CCCBr. The molecule has 0 heterocycles. The summed E-state index contributed by atoms with van der Waals surface area (Å²) in [6, 6.07) is 8.37. The Hall–Kier alpha value is -0.163. The Morgan fingerprint density at radius 2 is 1.88 bits per heavy atom. The fourth-order valence-corrected chi connectivity index (χ4v) is 2.51. The van der Waals surface area contributed by atoms with Gasteiger partial charge in [-0.15, -0.1) is 0 Å². The van der Waals surface area contributed by atoms with E-state index < -0.39 is 5.41 Å². The van der Waals surface area contributed by atoms with E-state index >= 15 is 0 Å². The number of hydrogen-bond acceptors (Lipinski definition) is 2. The minimum atomic E-state index is -0.511. The number of methoxy groups -OCH3 is 2. The second-order valence-electron chi connectivity index (χ2n) is 3.80. The number of halogens is 1. The number of ether oxygens (including phenoxy) is 2. The molecular formula is C12H19BrO2Si. The van der Waals surface area contributed by atoms with Crippen LogP contribution in [0.25, 0.3) is 0 Å². The van der Waals surface area contributed by atoms with Crippen molar-refractivity contribution < 1.29 is 9.47 Å². The zero-order valence-electron chi connectivity index (χ0n) is 10.1. The molecule has 0 aliphatic heterocycles. The maximum atomic E-state index is 5.52. The Morgan fingerprint density at radius 1 is 1.25 bits per heavy atom. The van der Waals surface area contributed by atoms with E-state index in [1.807, 2.05) is 6.07 Å². The van der Waals surface area contributed by atoms with Gasteiger partial charge in [0.25, 0.3) is 0 Å². The third-order valence-electron chi connectivity index (χ3n) is 2.87. The highest BCUT2D eigenvalue weighted by Crippen LogP contribution is 2.26. The molecular weight excluding hydrogens is 284 g/mol. The van der Waals surface area contributed by atoms with Gasteiger partial charge in [-0.2, -0.15) is 0 Å². The third kappa shape index (κ3) is 3.17. The van der Waals surface area contributed by atoms with Crippen LogP contribution >= 0.6 is 15.9 Å². The van der Waals surface area contributed by atoms with Crippen molar-refractivity contribution in [3.8, 4) is 0 Å². The Balaban J connectivity index is 3.01. The molecule has 0 radical (unpaired) electrons. The summed E-state index contributed by atoms with van der Waals surface area (Å²) >= 11 is 3.46. The lowest BCUT2D eigenvalue weighted by molar-refractivity contribution is -0.149. The first-order valence-corrected chi connectivity index (χ1v) is 7.54. The van der Waals surface area contributed by atoms with E-state index in [-0.39, 0.29) is 0 Å². The lowest BCUT2D eigenvalue weighted by Crippen LogP contribution is -2.32. The molecule has 0 atom stereocenters. The smallest absolute Gasteiger partial charge is 0.165 e. The van der Waals surface area contributed by atoms with Crippen LogP contribution in [0.3, 0.4) is 0 Å². The van der Waals surface area contributed by atoms with Crippen LogP contribution in [0.5, 0.6) is 0 Å². The molecule has 0 saturated heterocycles. The van der Waals surface area contributed by atoms with Crippen LogP contribution in [0.2, 0.25) is 0 Å². The molecule has 0 aromatic heterocycles. The minimum absolute atomic E-state index is 0.511. The Labute approximate surface area is 109 Å². The molecule has 0 aliphatic rings. The first kappa shape index (κ1) is 13.9. The summed E-state index contributed by atoms with van der Waals surface area (Å²) in [5.41, 5.74) is 1.98. The topological polar surface area (TPSA) is 18.5 Å². The lowest BCUT2D eigenvalue weighted by Gasteiger charge is -2.29. The summed E-state index contributed by atoms with van der Waals surface area (Å²) in [4.78, 5) is 0. The minimum Gasteiger partial charge on any atom is -0.354 e. The van der Waals surface area contributed by atoms with Crippen molar-refractivity contribution in [1.29, 1.82) is 0 Å². The molecule has 0 spiro atoms. The first-order chi connectivity index (χ1) is 7.68. The van der Waals surface area contributed by atoms with Crippen molar-refractivity contribution in [1.82, 2.24) is 0 Å². The molecule has 0 amide bonds. The summed E-state index contributed by atoms with van der Waals surface area (Å²) < 4.78 is 11.0. The van der Waals surface area contributed by atoms with Crippen molar-refractivity contribution >= 4 is 26.2 Å². The average Bonchev–Trinajstić information content (AvgIpc) is 2.35. The average molecular weight is 303 g/mol. The second-order valence-corrected chi connectivity index (χ2v) is 5.91. The van der Waals surface area contributed by atoms with Gasteiger partial charge in [-0.05, 0) is 18.4 Å². The molecule has 2 nitrogen and oxygen atoms in total. The lowest BCUT2D eigenvalue weighted by atomic mass is 10.0. The van der Waals surface area contributed by atoms with Crippen LogP contribution in [0.15, 0.2) is 24.3 Å². The molecule has 4 heteroatoms. The van der Waals surface area contributed by atoms with Gasteiger partial charge in [0.2, 0.25) is 0 Å². The van der Waals surface area contributed by atoms with Crippen LogP contribution in [0, 0.1) is 0 Å². The van der Waals surface area contributed by atoms with E-state index in [4.69, 9.17) is 9.47 Å². The Bertz CT molecular complexity index is 327. The molecule has 1 aromatic rings. The molecule has 0 saturated carbocycles. The van der Waals surface area contributed by atoms with E-state index in [0.29, 0.717) is 0 Å². The molecule has 90 valence electrons. The summed E-state index contributed by atoms with van der Waals surface area (Å²) in [5, 5.41) is 1.02. The third-order valence-corrected chi connectivity index (χ3v) is 4.78. The van der Waals surface area contributed by atoms with Crippen LogP contribution in [0.1, 0.15) is 17.5 Å². The van der Waals surface area contributed by atoms with Crippen molar-refractivity contribution in [2.45, 2.75) is 18.3 Å². The van der Waals surface area contributed by atoms with Crippen molar-refractivity contribution in [2.75, 3.05) is 19.5 Å². The predicted molar refractivity (Wildman–Crippen MR) is 74.2 cm³/mol. The fraction of sp³-hybridized carbons (Fsp3) is 0.500. The summed E-state index contributed by atoms with van der Waals surface area (Å²) in [6.45, 7) is 0. The quantitative estimate of drug-likeness (QED) is 0.453. The monoisotopic (exact) mass is 302 g/mol. The molecule has 0 aliphatic carbocycles. The molecule has 1 rings (SSSR count). The van der Waals surface area contributed by atoms with Gasteiger partial charge in [0, 0.05) is 25.1 Å². The molecule has 0 N–H and O–H groups in total. The van der Waals surface area contributed by atoms with Gasteiger partial charge in [0.15, 0.2) is 5.41 Å². The summed E-state index contributed by atoms with van der Waals surface area (Å²) in [7, 11) is 4.22. The number of alkyl halides is 1. The highest BCUT2D eigenvalue weighted by Gasteiger charge is 2.27. The van der Waals surface area contributed by atoms with E-state index in [1.54, 1.807) is 14.2 Å².